The first-order valence-electron chi connectivity index (χ1n) is 7.34. The third-order valence-corrected chi connectivity index (χ3v) is 3.65. The van der Waals surface area contributed by atoms with Crippen LogP contribution in [0.5, 0.6) is 0 Å². The van der Waals surface area contributed by atoms with E-state index >= 15 is 0 Å². The van der Waals surface area contributed by atoms with Crippen molar-refractivity contribution in [1.82, 2.24) is 5.32 Å². The third kappa shape index (κ3) is 4.44. The lowest BCUT2D eigenvalue weighted by atomic mass is 10.1. The third-order valence-electron chi connectivity index (χ3n) is 3.65. The minimum atomic E-state index is -0.817. The topological polar surface area (TPSA) is 53.6 Å². The SMILES string of the molecule is C=C(C)CN=C(N)NCC1CCN(c2ccc(F)c(F)c2)C1. The number of guanidine groups is 1. The first kappa shape index (κ1) is 16.3. The molecule has 4 nitrogen and oxygen atoms in total. The minimum Gasteiger partial charge on any atom is -0.371 e. The summed E-state index contributed by atoms with van der Waals surface area (Å²) in [5.74, 6) is -0.820. The van der Waals surface area contributed by atoms with E-state index in [1.165, 1.54) is 12.1 Å². The Bertz CT molecular complexity index is 571. The molecule has 0 aliphatic carbocycles. The van der Waals surface area contributed by atoms with Gasteiger partial charge in [0, 0.05) is 31.4 Å². The molecular weight excluding hydrogens is 286 g/mol. The van der Waals surface area contributed by atoms with Crippen molar-refractivity contribution in [3.8, 4) is 0 Å². The van der Waals surface area contributed by atoms with Crippen LogP contribution >= 0.6 is 0 Å². The van der Waals surface area contributed by atoms with Gasteiger partial charge in [0.1, 0.15) is 0 Å². The molecule has 0 spiro atoms. The molecule has 1 aromatic rings. The summed E-state index contributed by atoms with van der Waals surface area (Å²) in [5.41, 5.74) is 7.44. The maximum absolute atomic E-state index is 13.3. The van der Waals surface area contributed by atoms with Crippen LogP contribution in [0.15, 0.2) is 35.3 Å². The quantitative estimate of drug-likeness (QED) is 0.498. The molecule has 1 heterocycles. The van der Waals surface area contributed by atoms with Gasteiger partial charge in [0.15, 0.2) is 17.6 Å². The van der Waals surface area contributed by atoms with Crippen LogP contribution in [0.4, 0.5) is 14.5 Å². The van der Waals surface area contributed by atoms with E-state index in [0.29, 0.717) is 30.7 Å². The molecule has 0 saturated carbocycles. The maximum Gasteiger partial charge on any atom is 0.188 e. The van der Waals surface area contributed by atoms with Crippen molar-refractivity contribution in [2.24, 2.45) is 16.6 Å². The largest absolute Gasteiger partial charge is 0.371 e. The smallest absolute Gasteiger partial charge is 0.188 e. The summed E-state index contributed by atoms with van der Waals surface area (Å²) in [4.78, 5) is 6.21. The lowest BCUT2D eigenvalue weighted by Gasteiger charge is -2.19. The Morgan fingerprint density at radius 3 is 2.91 bits per heavy atom. The number of nitrogens with two attached hydrogens (primary N) is 1. The molecule has 120 valence electrons. The van der Waals surface area contributed by atoms with E-state index in [9.17, 15) is 8.78 Å². The van der Waals surface area contributed by atoms with Crippen LogP contribution in [-0.2, 0) is 0 Å². The second-order valence-electron chi connectivity index (χ2n) is 5.74. The Balaban J connectivity index is 1.83. The van der Waals surface area contributed by atoms with Crippen LogP contribution in [0.1, 0.15) is 13.3 Å². The average Bonchev–Trinajstić information content (AvgIpc) is 2.94. The highest BCUT2D eigenvalue weighted by Gasteiger charge is 2.23. The Morgan fingerprint density at radius 1 is 1.45 bits per heavy atom. The molecule has 0 radical (unpaired) electrons. The fourth-order valence-corrected chi connectivity index (χ4v) is 2.44. The molecular formula is C16H22F2N4. The normalized spacial score (nSPS) is 18.6. The van der Waals surface area contributed by atoms with Gasteiger partial charge in [0.25, 0.3) is 0 Å². The van der Waals surface area contributed by atoms with E-state index in [2.05, 4.69) is 21.8 Å². The zero-order valence-corrected chi connectivity index (χ0v) is 12.8. The van der Waals surface area contributed by atoms with Crippen molar-refractivity contribution in [2.75, 3.05) is 31.1 Å². The Morgan fingerprint density at radius 2 is 2.23 bits per heavy atom. The van der Waals surface area contributed by atoms with Gasteiger partial charge in [-0.15, -0.1) is 0 Å². The number of aliphatic imine (C=N–C) groups is 1. The van der Waals surface area contributed by atoms with E-state index in [-0.39, 0.29) is 0 Å². The summed E-state index contributed by atoms with van der Waals surface area (Å²) in [6.45, 7) is 8.50. The maximum atomic E-state index is 13.3. The highest BCUT2D eigenvalue weighted by atomic mass is 19.2. The van der Waals surface area contributed by atoms with Crippen molar-refractivity contribution in [1.29, 1.82) is 0 Å². The molecule has 1 atom stereocenters. The van der Waals surface area contributed by atoms with E-state index in [1.54, 1.807) is 6.07 Å². The van der Waals surface area contributed by atoms with Gasteiger partial charge in [0.05, 0.1) is 6.54 Å². The second-order valence-corrected chi connectivity index (χ2v) is 5.74. The van der Waals surface area contributed by atoms with Crippen molar-refractivity contribution < 1.29 is 8.78 Å². The summed E-state index contributed by atoms with van der Waals surface area (Å²) in [5, 5.41) is 3.10. The van der Waals surface area contributed by atoms with Crippen LogP contribution in [0.25, 0.3) is 0 Å². The Kier molecular flexibility index (Phi) is 5.35. The van der Waals surface area contributed by atoms with Crippen LogP contribution in [-0.4, -0.2) is 32.1 Å². The van der Waals surface area contributed by atoms with Crippen molar-refractivity contribution in [2.45, 2.75) is 13.3 Å². The van der Waals surface area contributed by atoms with E-state index in [1.807, 2.05) is 6.92 Å². The molecule has 1 unspecified atom stereocenters. The van der Waals surface area contributed by atoms with Crippen molar-refractivity contribution >= 4 is 11.6 Å². The summed E-state index contributed by atoms with van der Waals surface area (Å²) in [7, 11) is 0. The number of nitrogens with zero attached hydrogens (tertiary/aromatic N) is 2. The number of hydrogen-bond donors (Lipinski definition) is 2. The van der Waals surface area contributed by atoms with Crippen molar-refractivity contribution in [3.63, 3.8) is 0 Å². The lowest BCUT2D eigenvalue weighted by Crippen LogP contribution is -2.36. The summed E-state index contributed by atoms with van der Waals surface area (Å²) in [6, 6.07) is 4.02. The molecule has 1 fully saturated rings. The zero-order chi connectivity index (χ0) is 16.1. The molecule has 0 amide bonds. The standard InChI is InChI=1S/C16H22F2N4/c1-11(2)8-20-16(19)21-9-12-5-6-22(10-12)13-3-4-14(17)15(18)7-13/h3-4,7,12H,1,5-6,8-10H2,2H3,(H3,19,20,21). The molecule has 1 aliphatic heterocycles. The van der Waals surface area contributed by atoms with E-state index < -0.39 is 11.6 Å². The number of rotatable bonds is 5. The van der Waals surface area contributed by atoms with Crippen LogP contribution < -0.4 is 16.0 Å². The molecule has 0 bridgehead atoms. The second kappa shape index (κ2) is 7.24. The first-order chi connectivity index (χ1) is 10.5. The van der Waals surface area contributed by atoms with Gasteiger partial charge in [0.2, 0.25) is 0 Å². The predicted octanol–water partition coefficient (Wildman–Crippen LogP) is 2.27. The summed E-state index contributed by atoms with van der Waals surface area (Å²) in [6.07, 6.45) is 0.972. The van der Waals surface area contributed by atoms with Gasteiger partial charge >= 0.3 is 0 Å². The number of hydrogen-bond acceptors (Lipinski definition) is 2. The molecule has 6 heteroatoms. The molecule has 0 aromatic heterocycles. The zero-order valence-electron chi connectivity index (χ0n) is 12.8. The lowest BCUT2D eigenvalue weighted by molar-refractivity contribution is 0.508. The number of benzene rings is 1. The van der Waals surface area contributed by atoms with Crippen molar-refractivity contribution in [3.05, 3.63) is 42.0 Å². The number of anilines is 1. The number of nitrogens with one attached hydrogen (secondary N) is 1. The molecule has 22 heavy (non-hydrogen) atoms. The van der Waals surface area contributed by atoms with E-state index in [4.69, 9.17) is 5.73 Å². The highest BCUT2D eigenvalue weighted by Crippen LogP contribution is 2.24. The molecule has 1 saturated heterocycles. The highest BCUT2D eigenvalue weighted by molar-refractivity contribution is 5.77. The summed E-state index contributed by atoms with van der Waals surface area (Å²) < 4.78 is 26.2. The Labute approximate surface area is 129 Å². The molecule has 1 aliphatic rings. The Hall–Kier alpha value is -2.11. The van der Waals surface area contributed by atoms with Gasteiger partial charge in [-0.1, -0.05) is 12.2 Å². The number of halogens is 2. The van der Waals surface area contributed by atoms with Crippen LogP contribution in [0.3, 0.4) is 0 Å². The van der Waals surface area contributed by atoms with Gasteiger partial charge in [-0.05, 0) is 31.4 Å². The molecule has 2 rings (SSSR count). The van der Waals surface area contributed by atoms with Crippen LogP contribution in [0.2, 0.25) is 0 Å². The fraction of sp³-hybridized carbons (Fsp3) is 0.438. The van der Waals surface area contributed by atoms with E-state index in [0.717, 1.165) is 25.1 Å². The monoisotopic (exact) mass is 308 g/mol. The minimum absolute atomic E-state index is 0.395. The van der Waals surface area contributed by atoms with Gasteiger partial charge in [-0.3, -0.25) is 0 Å². The first-order valence-corrected chi connectivity index (χ1v) is 7.34. The van der Waals surface area contributed by atoms with Gasteiger partial charge in [-0.2, -0.15) is 0 Å². The van der Waals surface area contributed by atoms with Crippen LogP contribution in [0, 0.1) is 17.6 Å². The molecule has 1 aromatic carbocycles. The van der Waals surface area contributed by atoms with Gasteiger partial charge in [-0.25, -0.2) is 13.8 Å². The predicted molar refractivity (Wildman–Crippen MR) is 86.0 cm³/mol. The average molecular weight is 308 g/mol. The fourth-order valence-electron chi connectivity index (χ4n) is 2.44. The molecule has 3 N–H and O–H groups in total. The van der Waals surface area contributed by atoms with Gasteiger partial charge < -0.3 is 16.0 Å². The summed E-state index contributed by atoms with van der Waals surface area (Å²) >= 11 is 0.